The topological polar surface area (TPSA) is 123 Å². The normalized spacial score (nSPS) is 14.9. The van der Waals surface area contributed by atoms with Gasteiger partial charge in [0.25, 0.3) is 0 Å². The van der Waals surface area contributed by atoms with E-state index in [2.05, 4.69) is 30.7 Å². The number of carbonyl (C=O) groups excluding carboxylic acids is 3. The summed E-state index contributed by atoms with van der Waals surface area (Å²) in [5.41, 5.74) is -0.176. The molecular weight excluding hydrogens is 536 g/mol. The first-order valence-corrected chi connectivity index (χ1v) is 14.4. The largest absolute Gasteiger partial charge is 0.443 e. The summed E-state index contributed by atoms with van der Waals surface area (Å²) < 4.78 is 6.59. The van der Waals surface area contributed by atoms with Crippen LogP contribution in [-0.4, -0.2) is 67.5 Å². The third-order valence-corrected chi connectivity index (χ3v) is 6.50. The SMILES string of the molecule is C=C[C@@H](C[C@H](O)[C@H](Cc1ccccc1)NC(=O)C(Cc1cn(C(=O)OC(C)(C)C)cn1)N(C=O)OC(C)(C)C)C(C)C. The van der Waals surface area contributed by atoms with Gasteiger partial charge in [0, 0.05) is 12.6 Å². The van der Waals surface area contributed by atoms with Crippen molar-refractivity contribution >= 4 is 18.4 Å². The van der Waals surface area contributed by atoms with E-state index in [-0.39, 0.29) is 18.3 Å². The molecule has 2 N–H and O–H groups in total. The maximum absolute atomic E-state index is 13.9. The quantitative estimate of drug-likeness (QED) is 0.187. The molecule has 10 heteroatoms. The summed E-state index contributed by atoms with van der Waals surface area (Å²) in [6.07, 6.45) is 4.26. The van der Waals surface area contributed by atoms with Crippen LogP contribution in [0.25, 0.3) is 0 Å². The second-order valence-electron chi connectivity index (χ2n) is 12.9. The number of nitrogens with zero attached hydrogens (tertiary/aromatic N) is 3. The highest BCUT2D eigenvalue weighted by atomic mass is 16.7. The molecule has 0 aliphatic heterocycles. The molecule has 0 spiro atoms. The molecule has 1 aromatic heterocycles. The first kappa shape index (κ1) is 34.7. The van der Waals surface area contributed by atoms with Crippen molar-refractivity contribution in [1.82, 2.24) is 19.9 Å². The Labute approximate surface area is 250 Å². The number of aromatic nitrogens is 2. The van der Waals surface area contributed by atoms with Gasteiger partial charge in [-0.25, -0.2) is 19.4 Å². The highest BCUT2D eigenvalue weighted by molar-refractivity contribution is 5.84. The molecule has 0 saturated carbocycles. The van der Waals surface area contributed by atoms with Crippen LogP contribution in [0.2, 0.25) is 0 Å². The third-order valence-electron chi connectivity index (χ3n) is 6.50. The summed E-state index contributed by atoms with van der Waals surface area (Å²) in [4.78, 5) is 48.8. The summed E-state index contributed by atoms with van der Waals surface area (Å²) >= 11 is 0. The fraction of sp³-hybridized carbons (Fsp3) is 0.562. The Balaban J connectivity index is 2.39. The number of amides is 2. The van der Waals surface area contributed by atoms with Crippen molar-refractivity contribution in [2.24, 2.45) is 11.8 Å². The van der Waals surface area contributed by atoms with Gasteiger partial charge in [0.15, 0.2) is 0 Å². The van der Waals surface area contributed by atoms with Crippen molar-refractivity contribution in [3.63, 3.8) is 0 Å². The van der Waals surface area contributed by atoms with Gasteiger partial charge in [-0.3, -0.25) is 14.4 Å². The van der Waals surface area contributed by atoms with E-state index in [1.54, 1.807) is 41.5 Å². The lowest BCUT2D eigenvalue weighted by molar-refractivity contribution is -0.231. The highest BCUT2D eigenvalue weighted by Gasteiger charge is 2.34. The minimum atomic E-state index is -1.14. The Morgan fingerprint density at radius 2 is 1.74 bits per heavy atom. The number of imidazole rings is 1. The summed E-state index contributed by atoms with van der Waals surface area (Å²) in [5, 5.41) is 15.3. The van der Waals surface area contributed by atoms with Gasteiger partial charge in [-0.15, -0.1) is 6.58 Å². The number of rotatable bonds is 14. The van der Waals surface area contributed by atoms with Crippen LogP contribution in [0, 0.1) is 11.8 Å². The Morgan fingerprint density at radius 3 is 2.26 bits per heavy atom. The predicted octanol–water partition coefficient (Wildman–Crippen LogP) is 4.70. The zero-order valence-electron chi connectivity index (χ0n) is 26.2. The highest BCUT2D eigenvalue weighted by Crippen LogP contribution is 2.22. The number of nitrogens with one attached hydrogen (secondary N) is 1. The molecule has 10 nitrogen and oxygen atoms in total. The zero-order chi connectivity index (χ0) is 31.7. The lowest BCUT2D eigenvalue weighted by atomic mass is 9.86. The number of hydroxylamine groups is 2. The van der Waals surface area contributed by atoms with E-state index in [0.29, 0.717) is 24.9 Å². The number of benzene rings is 1. The number of ether oxygens (including phenoxy) is 1. The average Bonchev–Trinajstić information content (AvgIpc) is 3.36. The number of aliphatic hydroxyl groups is 1. The van der Waals surface area contributed by atoms with E-state index in [9.17, 15) is 19.5 Å². The van der Waals surface area contributed by atoms with Crippen molar-refractivity contribution in [1.29, 1.82) is 0 Å². The average molecular weight is 585 g/mol. The molecule has 42 heavy (non-hydrogen) atoms. The molecule has 0 aliphatic carbocycles. The van der Waals surface area contributed by atoms with Gasteiger partial charge in [0.05, 0.1) is 23.4 Å². The van der Waals surface area contributed by atoms with Crippen LogP contribution < -0.4 is 5.32 Å². The molecule has 0 radical (unpaired) electrons. The maximum Gasteiger partial charge on any atom is 0.419 e. The number of hydrogen-bond acceptors (Lipinski definition) is 7. The van der Waals surface area contributed by atoms with Gasteiger partial charge >= 0.3 is 6.09 Å². The Morgan fingerprint density at radius 1 is 1.10 bits per heavy atom. The molecule has 0 bridgehead atoms. The van der Waals surface area contributed by atoms with E-state index in [0.717, 1.165) is 10.6 Å². The van der Waals surface area contributed by atoms with Gasteiger partial charge in [0.2, 0.25) is 12.3 Å². The molecule has 0 fully saturated rings. The van der Waals surface area contributed by atoms with E-state index >= 15 is 0 Å². The molecule has 1 aromatic carbocycles. The van der Waals surface area contributed by atoms with Crippen LogP contribution >= 0.6 is 0 Å². The number of allylic oxidation sites excluding steroid dienone is 1. The molecule has 0 saturated heterocycles. The Hall–Kier alpha value is -3.50. The third kappa shape index (κ3) is 11.4. The first-order chi connectivity index (χ1) is 19.5. The molecule has 1 heterocycles. The fourth-order valence-corrected chi connectivity index (χ4v) is 4.37. The van der Waals surface area contributed by atoms with Gasteiger partial charge < -0.3 is 15.2 Å². The monoisotopic (exact) mass is 584 g/mol. The number of carbonyl (C=O) groups is 3. The molecule has 1 unspecified atom stereocenters. The Kier molecular flexibility index (Phi) is 12.5. The van der Waals surface area contributed by atoms with Crippen molar-refractivity contribution in [3.8, 4) is 0 Å². The zero-order valence-corrected chi connectivity index (χ0v) is 26.2. The molecule has 4 atom stereocenters. The fourth-order valence-electron chi connectivity index (χ4n) is 4.37. The van der Waals surface area contributed by atoms with Crippen LogP contribution in [-0.2, 0) is 32.0 Å². The van der Waals surface area contributed by atoms with Crippen LogP contribution in [0.15, 0.2) is 55.5 Å². The van der Waals surface area contributed by atoms with E-state index in [1.807, 2.05) is 36.4 Å². The lowest BCUT2D eigenvalue weighted by Gasteiger charge is -2.34. The smallest absolute Gasteiger partial charge is 0.419 e. The number of hydrogen-bond donors (Lipinski definition) is 2. The van der Waals surface area contributed by atoms with Crippen LogP contribution in [0.3, 0.4) is 0 Å². The summed E-state index contributed by atoms with van der Waals surface area (Å²) in [5.74, 6) is -0.236. The molecule has 2 aromatic rings. The standard InChI is InChI=1S/C32H48N4O6/c1-10-24(22(2)3)17-28(38)26(16-23-14-12-11-13-15-23)34-29(39)27(36(21-37)42-32(7,8)9)18-25-19-35(20-33-25)30(40)41-31(4,5)6/h10-15,19-22,24,26-28,38H,1,16-18H2,2-9H3,(H,34,39)/t24-,26-,27?,28-/m0/s1. The van der Waals surface area contributed by atoms with Gasteiger partial charge in [0.1, 0.15) is 18.0 Å². The maximum atomic E-state index is 13.9. The summed E-state index contributed by atoms with van der Waals surface area (Å²) in [6.45, 7) is 18.6. The summed E-state index contributed by atoms with van der Waals surface area (Å²) in [7, 11) is 0. The minimum Gasteiger partial charge on any atom is -0.443 e. The van der Waals surface area contributed by atoms with Crippen molar-refractivity contribution in [2.45, 2.75) is 104 Å². The molecule has 2 amide bonds. The van der Waals surface area contributed by atoms with Gasteiger partial charge in [-0.1, -0.05) is 50.3 Å². The number of aliphatic hydroxyl groups excluding tert-OH is 1. The molecule has 2 rings (SSSR count). The molecule has 0 aliphatic rings. The molecule has 232 valence electrons. The van der Waals surface area contributed by atoms with Crippen LogP contribution in [0.4, 0.5) is 4.79 Å². The summed E-state index contributed by atoms with van der Waals surface area (Å²) in [6, 6.07) is 7.76. The van der Waals surface area contributed by atoms with Crippen molar-refractivity contribution in [3.05, 3.63) is 66.8 Å². The van der Waals surface area contributed by atoms with Gasteiger partial charge in [-0.2, -0.15) is 0 Å². The van der Waals surface area contributed by atoms with Crippen LogP contribution in [0.5, 0.6) is 0 Å². The van der Waals surface area contributed by atoms with E-state index in [4.69, 9.17) is 9.57 Å². The van der Waals surface area contributed by atoms with Gasteiger partial charge in [-0.05, 0) is 71.8 Å². The molecular formula is C32H48N4O6. The predicted molar refractivity (Wildman–Crippen MR) is 161 cm³/mol. The minimum absolute atomic E-state index is 0.0403. The lowest BCUT2D eigenvalue weighted by Crippen LogP contribution is -2.55. The van der Waals surface area contributed by atoms with E-state index in [1.165, 1.54) is 17.1 Å². The Bertz CT molecular complexity index is 1170. The van der Waals surface area contributed by atoms with Crippen molar-refractivity contribution in [2.75, 3.05) is 0 Å². The second-order valence-corrected chi connectivity index (χ2v) is 12.9. The van der Waals surface area contributed by atoms with Crippen LogP contribution in [0.1, 0.15) is 73.1 Å². The second kappa shape index (κ2) is 15.1. The van der Waals surface area contributed by atoms with E-state index < -0.39 is 41.4 Å². The first-order valence-electron chi connectivity index (χ1n) is 14.4. The van der Waals surface area contributed by atoms with Crippen molar-refractivity contribution < 1.29 is 29.1 Å².